The van der Waals surface area contributed by atoms with Gasteiger partial charge in [-0.25, -0.2) is 4.79 Å². The van der Waals surface area contributed by atoms with Crippen LogP contribution in [0.1, 0.15) is 57.3 Å². The van der Waals surface area contributed by atoms with Gasteiger partial charge in [0.15, 0.2) is 0 Å². The molecule has 0 spiro atoms. The molecule has 3 atom stereocenters. The van der Waals surface area contributed by atoms with Crippen molar-refractivity contribution in [2.75, 3.05) is 6.54 Å². The maximum absolute atomic E-state index is 12.8. The second-order valence-electron chi connectivity index (χ2n) is 7.84. The molecule has 29 heavy (non-hydrogen) atoms. The lowest BCUT2D eigenvalue weighted by molar-refractivity contribution is -0.136. The second kappa shape index (κ2) is 8.53. The van der Waals surface area contributed by atoms with E-state index in [4.69, 9.17) is 16.1 Å². The Labute approximate surface area is 174 Å². The minimum absolute atomic E-state index is 0.0245. The molecule has 3 unspecified atom stereocenters. The number of imide groups is 1. The summed E-state index contributed by atoms with van der Waals surface area (Å²) in [6, 6.07) is 6.84. The molecule has 1 saturated heterocycles. The summed E-state index contributed by atoms with van der Waals surface area (Å²) in [6.45, 7) is 2.60. The van der Waals surface area contributed by atoms with Crippen molar-refractivity contribution in [3.05, 3.63) is 35.2 Å². The summed E-state index contributed by atoms with van der Waals surface area (Å²) >= 11 is 6.04. The first-order chi connectivity index (χ1) is 14.1. The van der Waals surface area contributed by atoms with E-state index >= 15 is 0 Å². The SMILES string of the molecule is CCCCCN1C(=O)NC2CC(c3nc(-c4cccc(Cl)c4)no3)CCC2C1=O. The Morgan fingerprint density at radius 2 is 2.14 bits per heavy atom. The molecule has 1 aliphatic heterocycles. The Hall–Kier alpha value is -2.41. The first-order valence-electron chi connectivity index (χ1n) is 10.3. The summed E-state index contributed by atoms with van der Waals surface area (Å²) < 4.78 is 5.51. The first kappa shape index (κ1) is 19.9. The van der Waals surface area contributed by atoms with Gasteiger partial charge in [0.25, 0.3) is 0 Å². The molecule has 2 aromatic rings. The molecule has 0 bridgehead atoms. The average Bonchev–Trinajstić information content (AvgIpc) is 3.20. The molecule has 1 aliphatic carbocycles. The van der Waals surface area contributed by atoms with Crippen LogP contribution in [0.4, 0.5) is 4.79 Å². The molecular formula is C21H25ClN4O3. The Balaban J connectivity index is 1.43. The van der Waals surface area contributed by atoms with Crippen molar-refractivity contribution in [1.82, 2.24) is 20.4 Å². The van der Waals surface area contributed by atoms with Gasteiger partial charge in [-0.3, -0.25) is 9.69 Å². The van der Waals surface area contributed by atoms with E-state index < -0.39 is 0 Å². The van der Waals surface area contributed by atoms with E-state index in [0.717, 1.165) is 31.2 Å². The van der Waals surface area contributed by atoms with E-state index in [2.05, 4.69) is 22.4 Å². The van der Waals surface area contributed by atoms with E-state index in [-0.39, 0.29) is 29.8 Å². The van der Waals surface area contributed by atoms with Crippen molar-refractivity contribution >= 4 is 23.5 Å². The summed E-state index contributed by atoms with van der Waals surface area (Å²) in [5.74, 6) is 0.858. The number of hydrogen-bond acceptors (Lipinski definition) is 5. The zero-order valence-electron chi connectivity index (χ0n) is 16.4. The van der Waals surface area contributed by atoms with Crippen molar-refractivity contribution in [3.8, 4) is 11.4 Å². The number of unbranched alkanes of at least 4 members (excludes halogenated alkanes) is 2. The molecule has 1 aromatic carbocycles. The quantitative estimate of drug-likeness (QED) is 0.705. The molecule has 1 aromatic heterocycles. The predicted molar refractivity (Wildman–Crippen MR) is 108 cm³/mol. The molecule has 2 fully saturated rings. The molecule has 2 aliphatic rings. The van der Waals surface area contributed by atoms with Crippen molar-refractivity contribution < 1.29 is 14.1 Å². The molecule has 2 heterocycles. The minimum Gasteiger partial charge on any atom is -0.339 e. The number of amides is 3. The minimum atomic E-state index is -0.279. The topological polar surface area (TPSA) is 88.3 Å². The van der Waals surface area contributed by atoms with Crippen molar-refractivity contribution in [1.29, 1.82) is 0 Å². The lowest BCUT2D eigenvalue weighted by Crippen LogP contribution is -2.61. The van der Waals surface area contributed by atoms with Crippen LogP contribution in [0.15, 0.2) is 28.8 Å². The number of benzene rings is 1. The maximum Gasteiger partial charge on any atom is 0.324 e. The highest BCUT2D eigenvalue weighted by Gasteiger charge is 2.45. The fraction of sp³-hybridized carbons (Fsp3) is 0.524. The van der Waals surface area contributed by atoms with Crippen LogP contribution in [-0.2, 0) is 4.79 Å². The first-order valence-corrected chi connectivity index (χ1v) is 10.7. The highest BCUT2D eigenvalue weighted by Crippen LogP contribution is 2.38. The normalized spacial score (nSPS) is 24.3. The number of rotatable bonds is 6. The van der Waals surface area contributed by atoms with Crippen LogP contribution in [0.5, 0.6) is 0 Å². The van der Waals surface area contributed by atoms with Gasteiger partial charge in [0.05, 0.1) is 5.92 Å². The molecule has 0 radical (unpaired) electrons. The summed E-state index contributed by atoms with van der Waals surface area (Å²) in [7, 11) is 0. The van der Waals surface area contributed by atoms with Gasteiger partial charge in [0.1, 0.15) is 0 Å². The molecule has 4 rings (SSSR count). The molecule has 1 N–H and O–H groups in total. The molecule has 7 nitrogen and oxygen atoms in total. The molecular weight excluding hydrogens is 392 g/mol. The summed E-state index contributed by atoms with van der Waals surface area (Å²) in [5, 5.41) is 7.73. The fourth-order valence-corrected chi connectivity index (χ4v) is 4.45. The number of carbonyl (C=O) groups is 2. The standard InChI is InChI=1S/C21H25ClN4O3/c1-2-3-4-10-26-20(27)16-9-8-14(12-17(16)23-21(26)28)19-24-18(25-29-19)13-6-5-7-15(22)11-13/h5-7,11,14,16-17H,2-4,8-10,12H2,1H3,(H,23,28). The maximum atomic E-state index is 12.8. The van der Waals surface area contributed by atoms with Crippen LogP contribution in [0.25, 0.3) is 11.4 Å². The number of halogens is 1. The number of urea groups is 1. The van der Waals surface area contributed by atoms with Gasteiger partial charge in [0, 0.05) is 29.1 Å². The van der Waals surface area contributed by atoms with Crippen LogP contribution in [-0.4, -0.2) is 39.6 Å². The van der Waals surface area contributed by atoms with E-state index in [9.17, 15) is 9.59 Å². The third-order valence-corrected chi connectivity index (χ3v) is 6.08. The lowest BCUT2D eigenvalue weighted by Gasteiger charge is -2.41. The number of carbonyl (C=O) groups excluding carboxylic acids is 2. The smallest absolute Gasteiger partial charge is 0.324 e. The molecule has 8 heteroatoms. The molecule has 3 amide bonds. The van der Waals surface area contributed by atoms with E-state index in [1.807, 2.05) is 12.1 Å². The van der Waals surface area contributed by atoms with Crippen LogP contribution < -0.4 is 5.32 Å². The predicted octanol–water partition coefficient (Wildman–Crippen LogP) is 4.38. The van der Waals surface area contributed by atoms with Crippen molar-refractivity contribution in [2.45, 2.75) is 57.4 Å². The van der Waals surface area contributed by atoms with Gasteiger partial charge >= 0.3 is 6.03 Å². The number of nitrogens with zero attached hydrogens (tertiary/aromatic N) is 3. The van der Waals surface area contributed by atoms with Gasteiger partial charge in [0.2, 0.25) is 17.6 Å². The Morgan fingerprint density at radius 1 is 1.28 bits per heavy atom. The highest BCUT2D eigenvalue weighted by molar-refractivity contribution is 6.30. The lowest BCUT2D eigenvalue weighted by atomic mass is 9.76. The Morgan fingerprint density at radius 3 is 2.93 bits per heavy atom. The van der Waals surface area contributed by atoms with Crippen molar-refractivity contribution in [3.63, 3.8) is 0 Å². The van der Waals surface area contributed by atoms with Crippen molar-refractivity contribution in [2.24, 2.45) is 5.92 Å². The van der Waals surface area contributed by atoms with Crippen LogP contribution in [0.2, 0.25) is 5.02 Å². The highest BCUT2D eigenvalue weighted by atomic mass is 35.5. The summed E-state index contributed by atoms with van der Waals surface area (Å²) in [4.78, 5) is 31.2. The number of nitrogens with one attached hydrogen (secondary N) is 1. The number of fused-ring (bicyclic) bond motifs is 1. The van der Waals surface area contributed by atoms with Gasteiger partial charge in [-0.05, 0) is 37.8 Å². The van der Waals surface area contributed by atoms with Gasteiger partial charge in [-0.1, -0.05) is 48.7 Å². The average molecular weight is 417 g/mol. The van der Waals surface area contributed by atoms with Crippen LogP contribution in [0, 0.1) is 5.92 Å². The zero-order chi connectivity index (χ0) is 20.4. The van der Waals surface area contributed by atoms with E-state index in [0.29, 0.717) is 36.1 Å². The fourth-order valence-electron chi connectivity index (χ4n) is 4.26. The third kappa shape index (κ3) is 4.15. The second-order valence-corrected chi connectivity index (χ2v) is 8.27. The number of aromatic nitrogens is 2. The Bertz CT molecular complexity index is 900. The molecule has 1 saturated carbocycles. The Kier molecular flexibility index (Phi) is 5.85. The van der Waals surface area contributed by atoms with E-state index in [1.165, 1.54) is 4.90 Å². The summed E-state index contributed by atoms with van der Waals surface area (Å²) in [5.41, 5.74) is 0.796. The van der Waals surface area contributed by atoms with E-state index in [1.54, 1.807) is 12.1 Å². The largest absolute Gasteiger partial charge is 0.339 e. The summed E-state index contributed by atoms with van der Waals surface area (Å²) in [6.07, 6.45) is 5.03. The van der Waals surface area contributed by atoms with Crippen LogP contribution in [0.3, 0.4) is 0 Å². The van der Waals surface area contributed by atoms with Crippen LogP contribution >= 0.6 is 11.6 Å². The van der Waals surface area contributed by atoms with Gasteiger partial charge in [-0.15, -0.1) is 0 Å². The zero-order valence-corrected chi connectivity index (χ0v) is 17.2. The molecule has 154 valence electrons. The monoisotopic (exact) mass is 416 g/mol. The number of hydrogen-bond donors (Lipinski definition) is 1. The third-order valence-electron chi connectivity index (χ3n) is 5.85. The van der Waals surface area contributed by atoms with Gasteiger partial charge < -0.3 is 9.84 Å². The van der Waals surface area contributed by atoms with Gasteiger partial charge in [-0.2, -0.15) is 4.98 Å².